The normalized spacial score (nSPS) is 15.4. The zero-order chi connectivity index (χ0) is 44.3. The Balaban J connectivity index is 0.000000186. The van der Waals surface area contributed by atoms with E-state index in [0.29, 0.717) is 78.9 Å². The lowest BCUT2D eigenvalue weighted by Crippen LogP contribution is -2.48. The van der Waals surface area contributed by atoms with Gasteiger partial charge in [-0.05, 0) is 79.6 Å². The lowest BCUT2D eigenvalue weighted by molar-refractivity contribution is 0.384. The third-order valence-electron chi connectivity index (χ3n) is 10.1. The second kappa shape index (κ2) is 20.2. The number of thiazole rings is 2. The molecular weight excluding hydrogens is 993 g/mol. The van der Waals surface area contributed by atoms with Crippen LogP contribution in [0.25, 0.3) is 0 Å². The first-order valence-electron chi connectivity index (χ1n) is 19.3. The van der Waals surface area contributed by atoms with Gasteiger partial charge in [-0.2, -0.15) is 8.61 Å². The molecule has 0 bridgehead atoms. The fourth-order valence-electron chi connectivity index (χ4n) is 7.22. The van der Waals surface area contributed by atoms with Crippen molar-refractivity contribution in [2.45, 2.75) is 36.5 Å². The second-order valence-corrected chi connectivity index (χ2v) is 22.8. The third kappa shape index (κ3) is 11.6. The fourth-order valence-corrected chi connectivity index (χ4v) is 13.9. The number of rotatable bonds is 10. The Labute approximate surface area is 400 Å². The fraction of sp³-hybridized carbons (Fsp3) is 0.286. The molecular formula is C42H40Cl6N6O4S4. The number of halogens is 6. The minimum atomic E-state index is -3.72. The molecule has 2 aliphatic rings. The Kier molecular flexibility index (Phi) is 15.4. The lowest BCUT2D eigenvalue weighted by Gasteiger charge is -2.34. The molecule has 8 rings (SSSR count). The molecule has 4 aromatic carbocycles. The van der Waals surface area contributed by atoms with Crippen molar-refractivity contribution in [1.82, 2.24) is 18.6 Å². The molecule has 4 heterocycles. The summed E-state index contributed by atoms with van der Waals surface area (Å²) >= 11 is 39.5. The van der Waals surface area contributed by atoms with Crippen molar-refractivity contribution in [2.75, 3.05) is 62.2 Å². The van der Waals surface area contributed by atoms with Crippen LogP contribution in [0.2, 0.25) is 30.1 Å². The molecule has 328 valence electrons. The molecule has 6 aromatic rings. The van der Waals surface area contributed by atoms with Crippen LogP contribution in [-0.2, 0) is 32.9 Å². The van der Waals surface area contributed by atoms with Gasteiger partial charge in [-0.1, -0.05) is 98.9 Å². The van der Waals surface area contributed by atoms with Gasteiger partial charge in [-0.3, -0.25) is 0 Å². The van der Waals surface area contributed by atoms with Crippen LogP contribution in [0.4, 0.5) is 10.3 Å². The quantitative estimate of drug-likeness (QED) is 0.134. The number of piperazine rings is 2. The zero-order valence-electron chi connectivity index (χ0n) is 33.4. The van der Waals surface area contributed by atoms with E-state index < -0.39 is 20.0 Å². The minimum Gasteiger partial charge on any atom is -0.345 e. The highest BCUT2D eigenvalue weighted by Gasteiger charge is 2.32. The summed E-state index contributed by atoms with van der Waals surface area (Å²) in [5, 5.41) is 8.09. The molecule has 62 heavy (non-hydrogen) atoms. The van der Waals surface area contributed by atoms with Gasteiger partial charge in [0.05, 0.1) is 21.4 Å². The molecule has 0 saturated carbocycles. The van der Waals surface area contributed by atoms with Crippen LogP contribution >= 0.6 is 92.3 Å². The molecule has 0 unspecified atom stereocenters. The van der Waals surface area contributed by atoms with Crippen LogP contribution in [0.15, 0.2) is 93.3 Å². The van der Waals surface area contributed by atoms with Crippen molar-refractivity contribution < 1.29 is 16.8 Å². The highest BCUT2D eigenvalue weighted by molar-refractivity contribution is 7.89. The van der Waals surface area contributed by atoms with E-state index in [0.717, 1.165) is 33.6 Å². The summed E-state index contributed by atoms with van der Waals surface area (Å²) in [6, 6.07) is 20.9. The standard InChI is InChI=1S/C22H23Cl2N3O2S2.C20H17Cl4N3O2S2/c1-15-9-16(2)11-17(10-15)12-19-14-30-22(25-19)26-5-7-27(8-6-26)31(28,29)21-13-18(23)3-4-20(21)24;21-14-1-2-18(24)19(11-14)31(28,29)27-5-3-26(4-6-27)20-25-17(12-30-20)9-13-7-15(22)10-16(23)8-13/h3-4,9-11,13-14H,5-8,12H2,1-2H3;1-2,7-8,10-12H,3-6,9H2. The summed E-state index contributed by atoms with van der Waals surface area (Å²) in [6.07, 6.45) is 1.42. The minimum absolute atomic E-state index is 0.0341. The van der Waals surface area contributed by atoms with Crippen LogP contribution in [0.3, 0.4) is 0 Å². The van der Waals surface area contributed by atoms with E-state index in [1.54, 1.807) is 29.5 Å². The van der Waals surface area contributed by atoms with Gasteiger partial charge in [0.15, 0.2) is 10.3 Å². The maximum absolute atomic E-state index is 13.0. The molecule has 20 heteroatoms. The summed E-state index contributed by atoms with van der Waals surface area (Å²) < 4.78 is 54.9. The summed E-state index contributed by atoms with van der Waals surface area (Å²) in [5.74, 6) is 0. The first-order valence-corrected chi connectivity index (χ1v) is 26.2. The number of nitrogens with zero attached hydrogens (tertiary/aromatic N) is 6. The Morgan fingerprint density at radius 2 is 0.887 bits per heavy atom. The highest BCUT2D eigenvalue weighted by atomic mass is 35.5. The summed E-state index contributed by atoms with van der Waals surface area (Å²) in [7, 11) is -7.41. The number of hydrogen-bond donors (Lipinski definition) is 0. The first-order chi connectivity index (χ1) is 29.4. The molecule has 2 fully saturated rings. The Hall–Kier alpha value is -2.70. The molecule has 2 aromatic heterocycles. The predicted molar refractivity (Wildman–Crippen MR) is 257 cm³/mol. The highest BCUT2D eigenvalue weighted by Crippen LogP contribution is 2.32. The molecule has 0 radical (unpaired) electrons. The number of hydrogen-bond acceptors (Lipinski definition) is 10. The van der Waals surface area contributed by atoms with E-state index in [9.17, 15) is 16.8 Å². The van der Waals surface area contributed by atoms with E-state index in [-0.39, 0.29) is 19.8 Å². The van der Waals surface area contributed by atoms with Gasteiger partial charge < -0.3 is 9.80 Å². The van der Waals surface area contributed by atoms with Crippen molar-refractivity contribution in [2.24, 2.45) is 0 Å². The molecule has 0 N–H and O–H groups in total. The van der Waals surface area contributed by atoms with Crippen LogP contribution in [0, 0.1) is 13.8 Å². The predicted octanol–water partition coefficient (Wildman–Crippen LogP) is 11.0. The van der Waals surface area contributed by atoms with Gasteiger partial charge >= 0.3 is 0 Å². The number of benzene rings is 4. The van der Waals surface area contributed by atoms with Crippen LogP contribution < -0.4 is 9.80 Å². The number of aryl methyl sites for hydroxylation is 2. The van der Waals surface area contributed by atoms with Crippen molar-refractivity contribution in [3.05, 3.63) is 147 Å². The maximum Gasteiger partial charge on any atom is 0.244 e. The van der Waals surface area contributed by atoms with Gasteiger partial charge in [0.25, 0.3) is 0 Å². The topological polar surface area (TPSA) is 107 Å². The Bertz CT molecular complexity index is 2560. The third-order valence-corrected chi connectivity index (χ3v) is 17.7. The van der Waals surface area contributed by atoms with Gasteiger partial charge in [0.2, 0.25) is 20.0 Å². The van der Waals surface area contributed by atoms with E-state index >= 15 is 0 Å². The first kappa shape index (κ1) is 47.3. The van der Waals surface area contributed by atoms with E-state index in [1.165, 1.54) is 60.9 Å². The monoisotopic (exact) mass is 1030 g/mol. The van der Waals surface area contributed by atoms with Crippen molar-refractivity contribution in [3.8, 4) is 0 Å². The Morgan fingerprint density at radius 3 is 1.29 bits per heavy atom. The van der Waals surface area contributed by atoms with Crippen molar-refractivity contribution in [3.63, 3.8) is 0 Å². The Morgan fingerprint density at radius 1 is 0.500 bits per heavy atom. The smallest absolute Gasteiger partial charge is 0.244 e. The SMILES string of the molecule is Cc1cc(C)cc(Cc2csc(N3CCN(S(=O)(=O)c4cc(Cl)ccc4Cl)CC3)n2)c1.O=S(=O)(c1cc(Cl)ccc1Cl)N1CCN(c2nc(Cc3cc(Cl)cc(Cl)c3)cs2)CC1. The summed E-state index contributed by atoms with van der Waals surface area (Å²) in [6.45, 7) is 7.85. The van der Waals surface area contributed by atoms with Crippen LogP contribution in [0.1, 0.15) is 33.6 Å². The van der Waals surface area contributed by atoms with Gasteiger partial charge in [0, 0.05) is 96.1 Å². The van der Waals surface area contributed by atoms with Gasteiger partial charge in [-0.25, -0.2) is 26.8 Å². The van der Waals surface area contributed by atoms with E-state index in [4.69, 9.17) is 79.6 Å². The van der Waals surface area contributed by atoms with Crippen molar-refractivity contribution >= 4 is 123 Å². The summed E-state index contributed by atoms with van der Waals surface area (Å²) in [5.41, 5.74) is 6.70. The largest absolute Gasteiger partial charge is 0.345 e. The van der Waals surface area contributed by atoms with Crippen LogP contribution in [0.5, 0.6) is 0 Å². The van der Waals surface area contributed by atoms with Crippen molar-refractivity contribution in [1.29, 1.82) is 0 Å². The van der Waals surface area contributed by atoms with Gasteiger partial charge in [-0.15, -0.1) is 22.7 Å². The number of sulfonamides is 2. The molecule has 0 amide bonds. The summed E-state index contributed by atoms with van der Waals surface area (Å²) in [4.78, 5) is 13.8. The number of anilines is 2. The average Bonchev–Trinajstić information content (AvgIpc) is 3.89. The molecule has 0 spiro atoms. The second-order valence-electron chi connectivity index (χ2n) is 14.8. The maximum atomic E-state index is 13.0. The molecule has 10 nitrogen and oxygen atoms in total. The zero-order valence-corrected chi connectivity index (χ0v) is 41.2. The molecule has 2 saturated heterocycles. The van der Waals surface area contributed by atoms with E-state index in [1.807, 2.05) is 17.5 Å². The molecule has 0 aliphatic carbocycles. The van der Waals surface area contributed by atoms with E-state index in [2.05, 4.69) is 47.2 Å². The van der Waals surface area contributed by atoms with Gasteiger partial charge in [0.1, 0.15) is 9.79 Å². The number of aromatic nitrogens is 2. The average molecular weight is 1030 g/mol. The molecule has 0 atom stereocenters. The lowest BCUT2D eigenvalue weighted by atomic mass is 10.0. The molecule has 2 aliphatic heterocycles. The van der Waals surface area contributed by atoms with Crippen LogP contribution in [-0.4, -0.2) is 87.8 Å².